The second-order valence-corrected chi connectivity index (χ2v) is 6.81. The molecular weight excluding hydrogens is 366 g/mol. The molecule has 3 aromatic rings. The van der Waals surface area contributed by atoms with E-state index in [1.54, 1.807) is 7.11 Å². The number of hydrogen-bond acceptors (Lipinski definition) is 3. The van der Waals surface area contributed by atoms with Crippen LogP contribution in [0.1, 0.15) is 33.7 Å². The van der Waals surface area contributed by atoms with Crippen LogP contribution in [0.15, 0.2) is 60.7 Å². The average molecular weight is 391 g/mol. The topological polar surface area (TPSA) is 72.4 Å². The minimum Gasteiger partial charge on any atom is -0.497 e. The number of nitrogens with zero attached hydrogens (tertiary/aromatic N) is 1. The van der Waals surface area contributed by atoms with Gasteiger partial charge in [-0.25, -0.2) is 0 Å². The number of para-hydroxylation sites is 1. The van der Waals surface area contributed by atoms with Gasteiger partial charge in [0.2, 0.25) is 5.91 Å². The van der Waals surface area contributed by atoms with Gasteiger partial charge >= 0.3 is 0 Å². The van der Waals surface area contributed by atoms with Crippen molar-refractivity contribution >= 4 is 11.8 Å². The molecule has 0 bridgehead atoms. The molecule has 6 nitrogen and oxygen atoms in total. The molecular formula is C23H25N3O3. The Kier molecular flexibility index (Phi) is 6.34. The Labute approximate surface area is 170 Å². The molecule has 0 aliphatic heterocycles. The molecule has 3 rings (SSSR count). The van der Waals surface area contributed by atoms with E-state index in [-0.39, 0.29) is 18.2 Å². The van der Waals surface area contributed by atoms with Crippen LogP contribution >= 0.6 is 0 Å². The zero-order chi connectivity index (χ0) is 20.8. The van der Waals surface area contributed by atoms with Gasteiger partial charge in [-0.3, -0.25) is 20.4 Å². The molecule has 2 aromatic carbocycles. The smallest absolute Gasteiger partial charge is 0.271 e. The normalized spacial score (nSPS) is 10.4. The number of aryl methyl sites for hydroxylation is 2. The minimum atomic E-state index is -0.335. The molecule has 1 aromatic heterocycles. The van der Waals surface area contributed by atoms with Crippen molar-refractivity contribution in [1.82, 2.24) is 15.4 Å². The van der Waals surface area contributed by atoms with E-state index in [9.17, 15) is 9.59 Å². The summed E-state index contributed by atoms with van der Waals surface area (Å²) in [4.78, 5) is 24.7. The summed E-state index contributed by atoms with van der Waals surface area (Å²) in [6.07, 6.45) is 0.851. The lowest BCUT2D eigenvalue weighted by Gasteiger charge is -2.10. The third-order valence-corrected chi connectivity index (χ3v) is 4.81. The number of carbonyl (C=O) groups excluding carboxylic acids is 2. The quantitative estimate of drug-likeness (QED) is 0.632. The van der Waals surface area contributed by atoms with E-state index in [0.29, 0.717) is 12.0 Å². The summed E-state index contributed by atoms with van der Waals surface area (Å²) < 4.78 is 7.14. The first-order valence-corrected chi connectivity index (χ1v) is 9.46. The molecule has 1 heterocycles. The van der Waals surface area contributed by atoms with Crippen molar-refractivity contribution < 1.29 is 14.3 Å². The highest BCUT2D eigenvalue weighted by Gasteiger charge is 2.17. The molecule has 0 atom stereocenters. The first-order valence-electron chi connectivity index (χ1n) is 9.46. The number of rotatable bonds is 6. The van der Waals surface area contributed by atoms with Crippen molar-refractivity contribution in [2.75, 3.05) is 7.11 Å². The summed E-state index contributed by atoms with van der Waals surface area (Å²) in [5.41, 5.74) is 9.33. The number of aromatic nitrogens is 1. The van der Waals surface area contributed by atoms with Crippen molar-refractivity contribution in [2.45, 2.75) is 26.7 Å². The van der Waals surface area contributed by atoms with Crippen LogP contribution in [0.25, 0.3) is 5.69 Å². The monoisotopic (exact) mass is 391 g/mol. The molecule has 0 aliphatic carbocycles. The van der Waals surface area contributed by atoms with E-state index < -0.39 is 0 Å². The summed E-state index contributed by atoms with van der Waals surface area (Å²) in [6.45, 7) is 3.84. The summed E-state index contributed by atoms with van der Waals surface area (Å²) in [6, 6.07) is 19.2. The Balaban J connectivity index is 1.57. The van der Waals surface area contributed by atoms with Crippen LogP contribution in [0, 0.1) is 13.8 Å². The van der Waals surface area contributed by atoms with Crippen molar-refractivity contribution in [3.8, 4) is 11.4 Å². The van der Waals surface area contributed by atoms with Crippen molar-refractivity contribution in [2.24, 2.45) is 0 Å². The summed E-state index contributed by atoms with van der Waals surface area (Å²) in [7, 11) is 1.61. The first-order chi connectivity index (χ1) is 14.0. The highest BCUT2D eigenvalue weighted by atomic mass is 16.5. The number of ether oxygens (including phenoxy) is 1. The third kappa shape index (κ3) is 4.85. The molecule has 0 radical (unpaired) electrons. The van der Waals surface area contributed by atoms with Crippen LogP contribution in [-0.2, 0) is 11.2 Å². The van der Waals surface area contributed by atoms with Gasteiger partial charge in [0.05, 0.1) is 12.7 Å². The predicted octanol–water partition coefficient (Wildman–Crippen LogP) is 3.50. The first kappa shape index (κ1) is 20.2. The van der Waals surface area contributed by atoms with E-state index in [4.69, 9.17) is 4.74 Å². The number of carbonyl (C=O) groups is 2. The zero-order valence-electron chi connectivity index (χ0n) is 16.9. The lowest BCUT2D eigenvalue weighted by atomic mass is 10.1. The fraction of sp³-hybridized carbons (Fsp3) is 0.217. The van der Waals surface area contributed by atoms with Crippen LogP contribution in [0.3, 0.4) is 0 Å². The van der Waals surface area contributed by atoms with Gasteiger partial charge in [-0.1, -0.05) is 30.3 Å². The molecule has 29 heavy (non-hydrogen) atoms. The second-order valence-electron chi connectivity index (χ2n) is 6.81. The van der Waals surface area contributed by atoms with Crippen molar-refractivity contribution in [3.63, 3.8) is 0 Å². The maximum Gasteiger partial charge on any atom is 0.271 e. The van der Waals surface area contributed by atoms with Gasteiger partial charge in [0.1, 0.15) is 5.75 Å². The Morgan fingerprint density at radius 2 is 1.66 bits per heavy atom. The molecule has 150 valence electrons. The number of amides is 2. The fourth-order valence-electron chi connectivity index (χ4n) is 3.27. The van der Waals surface area contributed by atoms with E-state index in [1.165, 1.54) is 0 Å². The number of benzene rings is 2. The maximum atomic E-state index is 12.6. The Morgan fingerprint density at radius 1 is 0.966 bits per heavy atom. The van der Waals surface area contributed by atoms with E-state index in [1.807, 2.05) is 79.1 Å². The van der Waals surface area contributed by atoms with Crippen LogP contribution < -0.4 is 15.6 Å². The van der Waals surface area contributed by atoms with E-state index >= 15 is 0 Å². The molecule has 0 saturated carbocycles. The fourth-order valence-corrected chi connectivity index (χ4v) is 3.27. The van der Waals surface area contributed by atoms with Gasteiger partial charge in [0.15, 0.2) is 0 Å². The van der Waals surface area contributed by atoms with Crippen LogP contribution in [0.2, 0.25) is 0 Å². The SMILES string of the molecule is COc1ccc(CCC(=O)NNC(=O)c2cc(C)n(-c3ccccc3)c2C)cc1. The maximum absolute atomic E-state index is 12.6. The number of hydrazine groups is 1. The minimum absolute atomic E-state index is 0.244. The largest absolute Gasteiger partial charge is 0.497 e. The van der Waals surface area contributed by atoms with Gasteiger partial charge in [-0.2, -0.15) is 0 Å². The molecule has 0 saturated heterocycles. The predicted molar refractivity (Wildman–Crippen MR) is 112 cm³/mol. The average Bonchev–Trinajstić information content (AvgIpc) is 3.05. The second kappa shape index (κ2) is 9.10. The molecule has 0 unspecified atom stereocenters. The van der Waals surface area contributed by atoms with Crippen LogP contribution in [-0.4, -0.2) is 23.5 Å². The lowest BCUT2D eigenvalue weighted by Crippen LogP contribution is -2.41. The van der Waals surface area contributed by atoms with Crippen molar-refractivity contribution in [3.05, 3.63) is 83.2 Å². The lowest BCUT2D eigenvalue weighted by molar-refractivity contribution is -0.121. The summed E-state index contributed by atoms with van der Waals surface area (Å²) in [5.74, 6) is 0.197. The highest BCUT2D eigenvalue weighted by Crippen LogP contribution is 2.20. The van der Waals surface area contributed by atoms with Gasteiger partial charge < -0.3 is 9.30 Å². The van der Waals surface area contributed by atoms with Gasteiger partial charge in [0.25, 0.3) is 5.91 Å². The Hall–Kier alpha value is -3.54. The van der Waals surface area contributed by atoms with Gasteiger partial charge in [-0.15, -0.1) is 0 Å². The van der Waals surface area contributed by atoms with Crippen molar-refractivity contribution in [1.29, 1.82) is 0 Å². The molecule has 0 aliphatic rings. The molecule has 2 N–H and O–H groups in total. The summed E-state index contributed by atoms with van der Waals surface area (Å²) >= 11 is 0. The molecule has 6 heteroatoms. The summed E-state index contributed by atoms with van der Waals surface area (Å²) in [5, 5.41) is 0. The standard InChI is InChI=1S/C23H25N3O3/c1-16-15-21(17(2)26(16)19-7-5-4-6-8-19)23(28)25-24-22(27)14-11-18-9-12-20(29-3)13-10-18/h4-10,12-13,15H,11,14H2,1-3H3,(H,24,27)(H,25,28). The number of nitrogens with one attached hydrogen (secondary N) is 2. The Bertz CT molecular complexity index is 992. The molecule has 0 spiro atoms. The number of methoxy groups -OCH3 is 1. The molecule has 2 amide bonds. The number of hydrogen-bond donors (Lipinski definition) is 2. The highest BCUT2D eigenvalue weighted by molar-refractivity contribution is 5.97. The zero-order valence-corrected chi connectivity index (χ0v) is 16.9. The Morgan fingerprint density at radius 3 is 2.31 bits per heavy atom. The molecule has 0 fully saturated rings. The van der Waals surface area contributed by atoms with Crippen LogP contribution in [0.5, 0.6) is 5.75 Å². The van der Waals surface area contributed by atoms with Crippen LogP contribution in [0.4, 0.5) is 0 Å². The van der Waals surface area contributed by atoms with E-state index in [0.717, 1.165) is 28.4 Å². The van der Waals surface area contributed by atoms with Gasteiger partial charge in [0, 0.05) is 23.5 Å². The third-order valence-electron chi connectivity index (χ3n) is 4.81. The van der Waals surface area contributed by atoms with E-state index in [2.05, 4.69) is 10.9 Å². The van der Waals surface area contributed by atoms with Gasteiger partial charge in [-0.05, 0) is 56.2 Å².